The summed E-state index contributed by atoms with van der Waals surface area (Å²) >= 11 is 5.97. The van der Waals surface area contributed by atoms with Crippen LogP contribution >= 0.6 is 11.6 Å². The van der Waals surface area contributed by atoms with E-state index in [0.717, 1.165) is 25.0 Å². The monoisotopic (exact) mass is 506 g/mol. The molecule has 0 heterocycles. The van der Waals surface area contributed by atoms with Crippen molar-refractivity contribution in [2.75, 3.05) is 0 Å². The van der Waals surface area contributed by atoms with Crippen LogP contribution in [0.2, 0.25) is 5.02 Å². The number of unbranched alkanes of at least 4 members (excludes halogenated alkanes) is 1. The fraction of sp³-hybridized carbons (Fsp3) is 0.346. The lowest BCUT2D eigenvalue weighted by Gasteiger charge is -2.20. The Hall–Kier alpha value is -3.06. The summed E-state index contributed by atoms with van der Waals surface area (Å²) < 4.78 is 40.7. The van der Waals surface area contributed by atoms with E-state index in [0.29, 0.717) is 11.3 Å². The number of guanidine groups is 1. The molecule has 0 aliphatic carbocycles. The summed E-state index contributed by atoms with van der Waals surface area (Å²) in [4.78, 5) is 17.2. The van der Waals surface area contributed by atoms with Gasteiger partial charge in [-0.05, 0) is 75.2 Å². The normalized spacial score (nSPS) is 12.5. The molecule has 188 valence electrons. The first kappa shape index (κ1) is 28.2. The van der Waals surface area contributed by atoms with Crippen LogP contribution in [0.4, 0.5) is 13.2 Å². The zero-order chi connectivity index (χ0) is 26.2. The quantitative estimate of drug-likeness (QED) is 0.239. The van der Waals surface area contributed by atoms with Gasteiger partial charge in [0.25, 0.3) is 5.91 Å². The van der Waals surface area contributed by atoms with E-state index in [1.165, 1.54) is 18.2 Å². The van der Waals surface area contributed by atoms with Gasteiger partial charge in [0.15, 0.2) is 11.6 Å². The number of benzene rings is 2. The van der Waals surface area contributed by atoms with Crippen molar-refractivity contribution in [3.8, 4) is 0 Å². The van der Waals surface area contributed by atoms with Gasteiger partial charge in [0.2, 0.25) is 5.96 Å². The molecule has 2 aromatic carbocycles. The van der Waals surface area contributed by atoms with Crippen molar-refractivity contribution in [1.29, 1.82) is 0 Å². The van der Waals surface area contributed by atoms with Gasteiger partial charge in [-0.1, -0.05) is 24.9 Å². The molecular formula is C26H30ClF3N4O. The Morgan fingerprint density at radius 3 is 2.46 bits per heavy atom. The van der Waals surface area contributed by atoms with E-state index in [4.69, 9.17) is 17.3 Å². The average Bonchev–Trinajstić information content (AvgIpc) is 2.73. The van der Waals surface area contributed by atoms with Gasteiger partial charge in [-0.3, -0.25) is 10.1 Å². The first-order chi connectivity index (χ1) is 16.4. The molecule has 1 unspecified atom stereocenters. The molecule has 0 fully saturated rings. The van der Waals surface area contributed by atoms with Crippen molar-refractivity contribution in [3.05, 3.63) is 87.5 Å². The number of aliphatic imine (C=N–C) groups is 1. The van der Waals surface area contributed by atoms with Gasteiger partial charge in [-0.25, -0.2) is 18.2 Å². The van der Waals surface area contributed by atoms with Gasteiger partial charge >= 0.3 is 0 Å². The highest BCUT2D eigenvalue weighted by atomic mass is 35.5. The standard InChI is InChI=1S/C26H30ClF3N4O/c1-5-6-7-8-20(15-23(31)17-11-18(27)14-19(28)12-17)32-25(34-26(2,3)4)33-24(35)16-9-10-21(29)22(30)13-16/h7,9-14,23H,5-6,15,31H2,1-4H3,(H2,32,33,34,35). The van der Waals surface area contributed by atoms with Crippen LogP contribution in [0.1, 0.15) is 68.9 Å². The SMILES string of the molecule is CCCC=C=C(CC(N)c1cc(F)cc(Cl)c1)NC(=NC(C)(C)C)NC(=O)c1ccc(F)c(F)c1. The van der Waals surface area contributed by atoms with Crippen LogP contribution in [-0.4, -0.2) is 17.4 Å². The number of hydrogen-bond donors (Lipinski definition) is 3. The third-order valence-corrected chi connectivity index (χ3v) is 4.79. The predicted molar refractivity (Wildman–Crippen MR) is 134 cm³/mol. The number of carbonyl (C=O) groups is 1. The number of nitrogens with zero attached hydrogens (tertiary/aromatic N) is 1. The van der Waals surface area contributed by atoms with Crippen molar-refractivity contribution in [2.45, 2.75) is 58.5 Å². The van der Waals surface area contributed by atoms with Crippen molar-refractivity contribution in [3.63, 3.8) is 0 Å². The highest BCUT2D eigenvalue weighted by molar-refractivity contribution is 6.30. The highest BCUT2D eigenvalue weighted by Crippen LogP contribution is 2.22. The van der Waals surface area contributed by atoms with E-state index < -0.39 is 34.9 Å². The van der Waals surface area contributed by atoms with E-state index in [9.17, 15) is 18.0 Å². The molecule has 0 radical (unpaired) electrons. The summed E-state index contributed by atoms with van der Waals surface area (Å²) in [6, 6.07) is 6.29. The van der Waals surface area contributed by atoms with Crippen LogP contribution in [0.5, 0.6) is 0 Å². The first-order valence-corrected chi connectivity index (χ1v) is 11.5. The van der Waals surface area contributed by atoms with Gasteiger partial charge < -0.3 is 11.1 Å². The van der Waals surface area contributed by atoms with Crippen LogP contribution in [0.25, 0.3) is 0 Å². The molecule has 9 heteroatoms. The molecule has 0 aliphatic rings. The number of hydrogen-bond acceptors (Lipinski definition) is 3. The van der Waals surface area contributed by atoms with Crippen molar-refractivity contribution >= 4 is 23.5 Å². The van der Waals surface area contributed by atoms with Crippen LogP contribution in [0, 0.1) is 17.5 Å². The zero-order valence-corrected chi connectivity index (χ0v) is 20.9. The summed E-state index contributed by atoms with van der Waals surface area (Å²) in [6.07, 6.45) is 3.66. The number of amides is 1. The zero-order valence-electron chi connectivity index (χ0n) is 20.2. The van der Waals surface area contributed by atoms with E-state index in [2.05, 4.69) is 21.4 Å². The molecule has 0 bridgehead atoms. The van der Waals surface area contributed by atoms with E-state index >= 15 is 0 Å². The highest BCUT2D eigenvalue weighted by Gasteiger charge is 2.18. The molecular weight excluding hydrogens is 477 g/mol. The Labute approximate surface area is 209 Å². The second kappa shape index (κ2) is 12.6. The first-order valence-electron chi connectivity index (χ1n) is 11.2. The summed E-state index contributed by atoms with van der Waals surface area (Å²) in [5.74, 6) is -3.30. The summed E-state index contributed by atoms with van der Waals surface area (Å²) in [7, 11) is 0. The van der Waals surface area contributed by atoms with Crippen molar-refractivity contribution in [2.24, 2.45) is 10.7 Å². The number of rotatable bonds is 7. The fourth-order valence-corrected chi connectivity index (χ4v) is 3.23. The molecule has 0 saturated carbocycles. The van der Waals surface area contributed by atoms with Crippen LogP contribution in [0.15, 0.2) is 58.9 Å². The largest absolute Gasteiger partial charge is 0.324 e. The lowest BCUT2D eigenvalue weighted by Crippen LogP contribution is -2.42. The van der Waals surface area contributed by atoms with E-state index in [1.807, 2.05) is 33.8 Å². The van der Waals surface area contributed by atoms with Gasteiger partial charge in [0.1, 0.15) is 5.82 Å². The van der Waals surface area contributed by atoms with Gasteiger partial charge in [-0.2, -0.15) is 0 Å². The molecule has 2 rings (SSSR count). The Morgan fingerprint density at radius 2 is 1.86 bits per heavy atom. The minimum atomic E-state index is -1.14. The second-order valence-electron chi connectivity index (χ2n) is 8.97. The summed E-state index contributed by atoms with van der Waals surface area (Å²) in [5, 5.41) is 5.87. The molecule has 4 N–H and O–H groups in total. The summed E-state index contributed by atoms with van der Waals surface area (Å²) in [6.45, 7) is 7.50. The van der Waals surface area contributed by atoms with E-state index in [-0.39, 0.29) is 23.0 Å². The third-order valence-electron chi connectivity index (χ3n) is 4.58. The minimum Gasteiger partial charge on any atom is -0.324 e. The molecule has 1 amide bonds. The molecule has 0 spiro atoms. The second-order valence-corrected chi connectivity index (χ2v) is 9.40. The Bertz CT molecular complexity index is 1130. The average molecular weight is 507 g/mol. The maximum Gasteiger partial charge on any atom is 0.258 e. The van der Waals surface area contributed by atoms with Gasteiger partial charge in [0.05, 0.1) is 11.2 Å². The molecule has 5 nitrogen and oxygen atoms in total. The Morgan fingerprint density at radius 1 is 1.14 bits per heavy atom. The van der Waals surface area contributed by atoms with E-state index in [1.54, 1.807) is 6.07 Å². The van der Waals surface area contributed by atoms with Crippen LogP contribution < -0.4 is 16.4 Å². The third kappa shape index (κ3) is 9.61. The fourth-order valence-electron chi connectivity index (χ4n) is 3.00. The number of nitrogens with one attached hydrogen (secondary N) is 2. The smallest absolute Gasteiger partial charge is 0.258 e. The lowest BCUT2D eigenvalue weighted by atomic mass is 10.0. The molecule has 0 aromatic heterocycles. The van der Waals surface area contributed by atoms with Crippen LogP contribution in [-0.2, 0) is 0 Å². The molecule has 1 atom stereocenters. The molecule has 0 saturated heterocycles. The van der Waals surface area contributed by atoms with Gasteiger partial charge in [0, 0.05) is 23.0 Å². The van der Waals surface area contributed by atoms with Gasteiger partial charge in [-0.15, -0.1) is 5.73 Å². The summed E-state index contributed by atoms with van der Waals surface area (Å²) in [5.41, 5.74) is 9.75. The molecule has 0 aliphatic heterocycles. The Kier molecular flexibility index (Phi) is 10.1. The van der Waals surface area contributed by atoms with Crippen LogP contribution in [0.3, 0.4) is 0 Å². The Balaban J connectivity index is 2.35. The number of nitrogens with two attached hydrogens (primary N) is 1. The van der Waals surface area contributed by atoms with Crippen molar-refractivity contribution < 1.29 is 18.0 Å². The molecule has 2 aromatic rings. The number of halogens is 4. The maximum absolute atomic E-state index is 13.8. The lowest BCUT2D eigenvalue weighted by molar-refractivity contribution is 0.0975. The topological polar surface area (TPSA) is 79.5 Å². The minimum absolute atomic E-state index is 0.0732. The van der Waals surface area contributed by atoms with Crippen molar-refractivity contribution in [1.82, 2.24) is 10.6 Å². The maximum atomic E-state index is 13.8. The predicted octanol–water partition coefficient (Wildman–Crippen LogP) is 6.16. The number of carbonyl (C=O) groups excluding carboxylic acids is 1. The molecule has 35 heavy (non-hydrogen) atoms.